The molecule has 0 saturated heterocycles. The van der Waals surface area contributed by atoms with Crippen LogP contribution in [0.4, 0.5) is 0 Å². The van der Waals surface area contributed by atoms with Crippen molar-refractivity contribution in [2.24, 2.45) is 5.10 Å². The fraction of sp³-hybridized carbons (Fsp3) is 0.0435. The first-order chi connectivity index (χ1) is 12.8. The van der Waals surface area contributed by atoms with Gasteiger partial charge in [-0.2, -0.15) is 0 Å². The second kappa shape index (κ2) is 7.19. The Kier molecular flexibility index (Phi) is 4.44. The number of pyridine rings is 1. The number of aromatic nitrogens is 1. The number of benzene rings is 2. The van der Waals surface area contributed by atoms with Crippen LogP contribution in [0.1, 0.15) is 5.56 Å². The van der Waals surface area contributed by atoms with Crippen LogP contribution in [-0.2, 0) is 0 Å². The molecule has 0 saturated carbocycles. The smallest absolute Gasteiger partial charge is 0.285 e. The maximum atomic E-state index is 6.08. The zero-order chi connectivity index (χ0) is 17.8. The minimum absolute atomic E-state index is 0.556. The Bertz CT molecular complexity index is 1020. The standard InChI is InChI=1S/C23H19N2O/c1-18-9-8-14-25(17-18)24-23-16-21(19-10-4-2-5-11-19)15-22(26-23)20-12-6-3-7-13-20/h2-17H,1H3/q+1. The van der Waals surface area contributed by atoms with E-state index in [2.05, 4.69) is 23.3 Å². The third-order valence-corrected chi connectivity index (χ3v) is 4.09. The Morgan fingerprint density at radius 1 is 0.731 bits per heavy atom. The maximum absolute atomic E-state index is 6.08. The van der Waals surface area contributed by atoms with Gasteiger partial charge in [-0.25, -0.2) is 0 Å². The number of hydrogen-bond acceptors (Lipinski definition) is 2. The topological polar surface area (TPSA) is 29.4 Å². The monoisotopic (exact) mass is 339 g/mol. The zero-order valence-electron chi connectivity index (χ0n) is 14.5. The molecule has 0 amide bonds. The molecule has 2 heterocycles. The van der Waals surface area contributed by atoms with E-state index in [1.165, 1.54) is 0 Å². The second-order valence-electron chi connectivity index (χ2n) is 6.14. The molecular weight excluding hydrogens is 320 g/mol. The van der Waals surface area contributed by atoms with E-state index >= 15 is 0 Å². The number of rotatable bonds is 3. The quantitative estimate of drug-likeness (QED) is 0.503. The van der Waals surface area contributed by atoms with E-state index in [9.17, 15) is 0 Å². The third kappa shape index (κ3) is 3.62. The first-order valence-corrected chi connectivity index (χ1v) is 8.57. The van der Waals surface area contributed by atoms with Gasteiger partial charge in [-0.1, -0.05) is 65.3 Å². The molecule has 0 unspecified atom stereocenters. The maximum Gasteiger partial charge on any atom is 0.285 e. The molecule has 0 aliphatic heterocycles. The molecule has 126 valence electrons. The van der Waals surface area contributed by atoms with Gasteiger partial charge in [-0.3, -0.25) is 0 Å². The van der Waals surface area contributed by atoms with Crippen molar-refractivity contribution in [3.8, 4) is 22.5 Å². The summed E-state index contributed by atoms with van der Waals surface area (Å²) in [6.45, 7) is 2.04. The SMILES string of the molecule is Cc1ccc[n+](N=c2cc(-c3ccccc3)cc(-c3ccccc3)o2)c1. The van der Waals surface area contributed by atoms with Crippen molar-refractivity contribution in [2.45, 2.75) is 6.92 Å². The molecule has 3 nitrogen and oxygen atoms in total. The normalized spacial score (nSPS) is 11.5. The predicted molar refractivity (Wildman–Crippen MR) is 102 cm³/mol. The molecule has 26 heavy (non-hydrogen) atoms. The van der Waals surface area contributed by atoms with Crippen molar-refractivity contribution in [1.29, 1.82) is 0 Å². The van der Waals surface area contributed by atoms with E-state index in [-0.39, 0.29) is 0 Å². The summed E-state index contributed by atoms with van der Waals surface area (Å²) in [6.07, 6.45) is 3.87. The molecule has 2 aromatic carbocycles. The summed E-state index contributed by atoms with van der Waals surface area (Å²) in [5, 5.41) is 4.62. The van der Waals surface area contributed by atoms with E-state index in [0.29, 0.717) is 5.55 Å². The van der Waals surface area contributed by atoms with E-state index in [1.807, 2.05) is 86.0 Å². The Morgan fingerprint density at radius 2 is 1.42 bits per heavy atom. The van der Waals surface area contributed by atoms with Gasteiger partial charge < -0.3 is 4.42 Å². The number of aryl methyl sites for hydroxylation is 1. The molecule has 0 fully saturated rings. The summed E-state index contributed by atoms with van der Waals surface area (Å²) in [5.41, 5.74) is 4.92. The van der Waals surface area contributed by atoms with Gasteiger partial charge in [0, 0.05) is 28.4 Å². The number of hydrogen-bond donors (Lipinski definition) is 0. The average molecular weight is 339 g/mol. The fourth-order valence-electron chi connectivity index (χ4n) is 2.83. The molecule has 0 N–H and O–H groups in total. The summed E-state index contributed by atoms with van der Waals surface area (Å²) in [6, 6.07) is 28.4. The first kappa shape index (κ1) is 16.0. The van der Waals surface area contributed by atoms with Crippen LogP contribution in [0.25, 0.3) is 22.5 Å². The highest BCUT2D eigenvalue weighted by atomic mass is 16.3. The molecule has 0 aliphatic carbocycles. The van der Waals surface area contributed by atoms with Crippen LogP contribution in [0.2, 0.25) is 0 Å². The zero-order valence-corrected chi connectivity index (χ0v) is 14.5. The lowest BCUT2D eigenvalue weighted by atomic mass is 10.0. The van der Waals surface area contributed by atoms with Crippen molar-refractivity contribution >= 4 is 0 Å². The summed E-state index contributed by atoms with van der Waals surface area (Å²) >= 11 is 0. The largest absolute Gasteiger partial charge is 0.434 e. The molecule has 0 atom stereocenters. The van der Waals surface area contributed by atoms with Crippen molar-refractivity contribution in [2.75, 3.05) is 0 Å². The lowest BCUT2D eigenvalue weighted by molar-refractivity contribution is -0.684. The van der Waals surface area contributed by atoms with Gasteiger partial charge in [-0.05, 0) is 30.2 Å². The molecule has 4 rings (SSSR count). The Morgan fingerprint density at radius 3 is 2.12 bits per heavy atom. The minimum atomic E-state index is 0.556. The van der Waals surface area contributed by atoms with Gasteiger partial charge in [0.2, 0.25) is 12.4 Å². The van der Waals surface area contributed by atoms with Gasteiger partial charge in [0.15, 0.2) is 0 Å². The molecule has 3 heteroatoms. The highest BCUT2D eigenvalue weighted by Crippen LogP contribution is 2.24. The van der Waals surface area contributed by atoms with Crippen molar-refractivity contribution in [3.63, 3.8) is 0 Å². The lowest BCUT2D eigenvalue weighted by Gasteiger charge is -2.05. The van der Waals surface area contributed by atoms with E-state index < -0.39 is 0 Å². The molecule has 2 aromatic heterocycles. The van der Waals surface area contributed by atoms with Crippen molar-refractivity contribution in [1.82, 2.24) is 0 Å². The van der Waals surface area contributed by atoms with E-state index in [4.69, 9.17) is 4.42 Å². The van der Waals surface area contributed by atoms with Crippen LogP contribution in [0, 0.1) is 6.92 Å². The summed E-state index contributed by atoms with van der Waals surface area (Å²) in [5.74, 6) is 0.791. The molecule has 4 aromatic rings. The highest BCUT2D eigenvalue weighted by Gasteiger charge is 2.07. The fourth-order valence-corrected chi connectivity index (χ4v) is 2.83. The summed E-state index contributed by atoms with van der Waals surface area (Å²) in [7, 11) is 0. The summed E-state index contributed by atoms with van der Waals surface area (Å²) < 4.78 is 7.86. The van der Waals surface area contributed by atoms with Crippen LogP contribution in [-0.4, -0.2) is 0 Å². The van der Waals surface area contributed by atoms with Crippen LogP contribution >= 0.6 is 0 Å². The Balaban J connectivity index is 1.91. The van der Waals surface area contributed by atoms with Crippen LogP contribution in [0.5, 0.6) is 0 Å². The highest BCUT2D eigenvalue weighted by molar-refractivity contribution is 5.68. The van der Waals surface area contributed by atoms with Crippen molar-refractivity contribution < 1.29 is 9.09 Å². The molecule has 0 radical (unpaired) electrons. The minimum Gasteiger partial charge on any atom is -0.434 e. The van der Waals surface area contributed by atoms with Gasteiger partial charge in [0.1, 0.15) is 5.76 Å². The lowest BCUT2D eigenvalue weighted by Crippen LogP contribution is -2.30. The Labute approximate surface area is 152 Å². The third-order valence-electron chi connectivity index (χ3n) is 4.09. The second-order valence-corrected chi connectivity index (χ2v) is 6.14. The summed E-state index contributed by atoms with van der Waals surface area (Å²) in [4.78, 5) is 0. The van der Waals surface area contributed by atoms with Gasteiger partial charge in [-0.15, -0.1) is 0 Å². The Hall–Kier alpha value is -3.46. The van der Waals surface area contributed by atoms with Crippen LogP contribution in [0.3, 0.4) is 0 Å². The van der Waals surface area contributed by atoms with Crippen LogP contribution in [0.15, 0.2) is 107 Å². The van der Waals surface area contributed by atoms with Gasteiger partial charge in [0.25, 0.3) is 5.55 Å². The van der Waals surface area contributed by atoms with Crippen LogP contribution < -0.4 is 10.2 Å². The molecule has 0 aliphatic rings. The average Bonchev–Trinajstić information content (AvgIpc) is 2.69. The number of nitrogens with zero attached hydrogens (tertiary/aromatic N) is 2. The van der Waals surface area contributed by atoms with Gasteiger partial charge in [0.05, 0.1) is 0 Å². The molecule has 0 spiro atoms. The molecular formula is C23H19N2O+. The van der Waals surface area contributed by atoms with Crippen molar-refractivity contribution in [3.05, 3.63) is 108 Å². The van der Waals surface area contributed by atoms with E-state index in [1.54, 1.807) is 4.68 Å². The first-order valence-electron chi connectivity index (χ1n) is 8.57. The van der Waals surface area contributed by atoms with E-state index in [0.717, 1.165) is 28.0 Å². The van der Waals surface area contributed by atoms with Gasteiger partial charge >= 0.3 is 0 Å². The molecule has 0 bridgehead atoms. The predicted octanol–water partition coefficient (Wildman–Crippen LogP) is 4.57.